The molecule has 2 aromatic rings. The van der Waals surface area contributed by atoms with Crippen LogP contribution in [0.25, 0.3) is 11.3 Å². The van der Waals surface area contributed by atoms with Crippen molar-refractivity contribution in [2.24, 2.45) is 12.8 Å². The van der Waals surface area contributed by atoms with Gasteiger partial charge in [0.15, 0.2) is 0 Å². The molecule has 0 aliphatic rings. The molecule has 1 heterocycles. The van der Waals surface area contributed by atoms with E-state index in [0.717, 1.165) is 5.56 Å². The summed E-state index contributed by atoms with van der Waals surface area (Å²) >= 11 is 6.06. The zero-order valence-electron chi connectivity index (χ0n) is 9.98. The predicted molar refractivity (Wildman–Crippen MR) is 68.7 cm³/mol. The highest BCUT2D eigenvalue weighted by Gasteiger charge is 2.16. The fraction of sp³-hybridized carbons (Fsp3) is 0.167. The lowest BCUT2D eigenvalue weighted by Gasteiger charge is -2.08. The highest BCUT2D eigenvalue weighted by atomic mass is 35.5. The van der Waals surface area contributed by atoms with Gasteiger partial charge < -0.3 is 10.5 Å². The summed E-state index contributed by atoms with van der Waals surface area (Å²) in [7, 11) is 3.28. The molecule has 0 aliphatic heterocycles. The highest BCUT2D eigenvalue weighted by molar-refractivity contribution is 6.32. The van der Waals surface area contributed by atoms with Gasteiger partial charge in [-0.25, -0.2) is 0 Å². The molecule has 94 valence electrons. The van der Waals surface area contributed by atoms with Crippen LogP contribution in [0.1, 0.15) is 10.4 Å². The van der Waals surface area contributed by atoms with Gasteiger partial charge in [-0.15, -0.1) is 0 Å². The van der Waals surface area contributed by atoms with E-state index in [2.05, 4.69) is 5.10 Å². The minimum atomic E-state index is -0.523. The maximum absolute atomic E-state index is 11.3. The number of benzene rings is 1. The molecule has 2 rings (SSSR count). The van der Waals surface area contributed by atoms with Crippen LogP contribution in [0.5, 0.6) is 5.75 Å². The second-order valence-electron chi connectivity index (χ2n) is 3.74. The molecule has 0 fully saturated rings. The lowest BCUT2D eigenvalue weighted by Crippen LogP contribution is -2.11. The van der Waals surface area contributed by atoms with Crippen LogP contribution < -0.4 is 10.5 Å². The largest absolute Gasteiger partial charge is 0.495 e. The van der Waals surface area contributed by atoms with E-state index in [9.17, 15) is 4.79 Å². The van der Waals surface area contributed by atoms with Crippen molar-refractivity contribution in [3.05, 3.63) is 35.0 Å². The second-order valence-corrected chi connectivity index (χ2v) is 4.15. The van der Waals surface area contributed by atoms with Crippen molar-refractivity contribution in [2.75, 3.05) is 7.11 Å². The molecular weight excluding hydrogens is 254 g/mol. The molecule has 1 aromatic heterocycles. The van der Waals surface area contributed by atoms with Crippen LogP contribution in [0, 0.1) is 0 Å². The number of hydrogen-bond acceptors (Lipinski definition) is 3. The third-order valence-electron chi connectivity index (χ3n) is 2.63. The molecule has 1 amide bonds. The number of carbonyl (C=O) groups excluding carboxylic acids is 1. The topological polar surface area (TPSA) is 70.1 Å². The van der Waals surface area contributed by atoms with Crippen LogP contribution in [0.2, 0.25) is 5.02 Å². The monoisotopic (exact) mass is 265 g/mol. The molecule has 0 radical (unpaired) electrons. The van der Waals surface area contributed by atoms with Crippen molar-refractivity contribution in [3.63, 3.8) is 0 Å². The Balaban J connectivity index is 2.58. The zero-order chi connectivity index (χ0) is 13.3. The minimum absolute atomic E-state index is 0.360. The molecule has 0 bridgehead atoms. The predicted octanol–water partition coefficient (Wildman–Crippen LogP) is 1.85. The molecule has 0 saturated heterocycles. The Morgan fingerprint density at radius 1 is 1.50 bits per heavy atom. The first kappa shape index (κ1) is 12.4. The molecule has 0 saturated carbocycles. The normalized spacial score (nSPS) is 10.4. The first-order valence-corrected chi connectivity index (χ1v) is 5.58. The lowest BCUT2D eigenvalue weighted by atomic mass is 10.1. The second kappa shape index (κ2) is 4.70. The Labute approximate surface area is 109 Å². The maximum Gasteiger partial charge on any atom is 0.252 e. The summed E-state index contributed by atoms with van der Waals surface area (Å²) < 4.78 is 6.66. The fourth-order valence-corrected chi connectivity index (χ4v) is 2.03. The first-order chi connectivity index (χ1) is 8.54. The Kier molecular flexibility index (Phi) is 3.25. The summed E-state index contributed by atoms with van der Waals surface area (Å²) in [6, 6.07) is 5.24. The van der Waals surface area contributed by atoms with E-state index in [0.29, 0.717) is 22.0 Å². The van der Waals surface area contributed by atoms with Crippen LogP contribution in [0.15, 0.2) is 24.4 Å². The van der Waals surface area contributed by atoms with E-state index in [4.69, 9.17) is 22.1 Å². The van der Waals surface area contributed by atoms with Gasteiger partial charge in [0.05, 0.1) is 29.6 Å². The van der Waals surface area contributed by atoms with Crippen LogP contribution in [0.3, 0.4) is 0 Å². The molecular formula is C12H12ClN3O2. The highest BCUT2D eigenvalue weighted by Crippen LogP contribution is 2.31. The Morgan fingerprint density at radius 2 is 2.22 bits per heavy atom. The van der Waals surface area contributed by atoms with Gasteiger partial charge in [-0.1, -0.05) is 11.6 Å². The number of primary amides is 1. The molecule has 6 heteroatoms. The van der Waals surface area contributed by atoms with Crippen molar-refractivity contribution in [3.8, 4) is 17.0 Å². The van der Waals surface area contributed by atoms with Gasteiger partial charge in [-0.3, -0.25) is 9.48 Å². The van der Waals surface area contributed by atoms with E-state index < -0.39 is 5.91 Å². The van der Waals surface area contributed by atoms with Crippen molar-refractivity contribution in [2.45, 2.75) is 0 Å². The third-order valence-corrected chi connectivity index (χ3v) is 2.92. The van der Waals surface area contributed by atoms with E-state index >= 15 is 0 Å². The number of aromatic nitrogens is 2. The molecule has 0 unspecified atom stereocenters. The van der Waals surface area contributed by atoms with Crippen LogP contribution in [-0.4, -0.2) is 22.8 Å². The van der Waals surface area contributed by atoms with E-state index in [1.165, 1.54) is 6.20 Å². The fourth-order valence-electron chi connectivity index (χ4n) is 1.77. The number of rotatable bonds is 3. The summed E-state index contributed by atoms with van der Waals surface area (Å²) in [5.41, 5.74) is 7.06. The molecule has 0 spiro atoms. The van der Waals surface area contributed by atoms with Crippen molar-refractivity contribution < 1.29 is 9.53 Å². The number of ether oxygens (including phenoxy) is 1. The number of methoxy groups -OCH3 is 1. The van der Waals surface area contributed by atoms with E-state index in [-0.39, 0.29) is 0 Å². The Morgan fingerprint density at radius 3 is 2.78 bits per heavy atom. The smallest absolute Gasteiger partial charge is 0.252 e. The SMILES string of the molecule is COc1ccc(-c2c(C(N)=O)cnn2C)cc1Cl. The molecule has 1 aromatic carbocycles. The first-order valence-electron chi connectivity index (χ1n) is 5.20. The summed E-state index contributed by atoms with van der Waals surface area (Å²) in [6.45, 7) is 0. The summed E-state index contributed by atoms with van der Waals surface area (Å²) in [4.78, 5) is 11.3. The van der Waals surface area contributed by atoms with Crippen LogP contribution in [0.4, 0.5) is 0 Å². The quantitative estimate of drug-likeness (QED) is 0.921. The molecule has 5 nitrogen and oxygen atoms in total. The average Bonchev–Trinajstić information content (AvgIpc) is 2.71. The number of amides is 1. The summed E-state index contributed by atoms with van der Waals surface area (Å²) in [5.74, 6) is 0.0493. The maximum atomic E-state index is 11.3. The van der Waals surface area contributed by atoms with E-state index in [1.54, 1.807) is 37.0 Å². The van der Waals surface area contributed by atoms with Crippen molar-refractivity contribution >= 4 is 17.5 Å². The van der Waals surface area contributed by atoms with Crippen LogP contribution >= 0.6 is 11.6 Å². The van der Waals surface area contributed by atoms with Crippen molar-refractivity contribution in [1.82, 2.24) is 9.78 Å². The number of hydrogen-bond donors (Lipinski definition) is 1. The average molecular weight is 266 g/mol. The van der Waals surface area contributed by atoms with Gasteiger partial charge in [0, 0.05) is 12.6 Å². The van der Waals surface area contributed by atoms with E-state index in [1.807, 2.05) is 0 Å². The lowest BCUT2D eigenvalue weighted by molar-refractivity contribution is 0.100. The van der Waals surface area contributed by atoms with Gasteiger partial charge in [0.1, 0.15) is 5.75 Å². The number of carbonyl (C=O) groups is 1. The number of aryl methyl sites for hydroxylation is 1. The van der Waals surface area contributed by atoms with Crippen LogP contribution in [-0.2, 0) is 7.05 Å². The zero-order valence-corrected chi connectivity index (χ0v) is 10.7. The van der Waals surface area contributed by atoms with Gasteiger partial charge >= 0.3 is 0 Å². The number of nitrogens with zero attached hydrogens (tertiary/aromatic N) is 2. The number of halogens is 1. The van der Waals surface area contributed by atoms with Crippen molar-refractivity contribution in [1.29, 1.82) is 0 Å². The number of nitrogens with two attached hydrogens (primary N) is 1. The Bertz CT molecular complexity index is 607. The standard InChI is InChI=1S/C12H12ClN3O2/c1-16-11(8(6-15-16)12(14)17)7-3-4-10(18-2)9(13)5-7/h3-6H,1-2H3,(H2,14,17). The molecule has 2 N–H and O–H groups in total. The minimum Gasteiger partial charge on any atom is -0.495 e. The van der Waals surface area contributed by atoms with Gasteiger partial charge in [-0.05, 0) is 18.2 Å². The summed E-state index contributed by atoms with van der Waals surface area (Å²) in [5, 5.41) is 4.49. The molecule has 0 atom stereocenters. The summed E-state index contributed by atoms with van der Waals surface area (Å²) in [6.07, 6.45) is 1.44. The third kappa shape index (κ3) is 2.04. The van der Waals surface area contributed by atoms with Gasteiger partial charge in [0.25, 0.3) is 5.91 Å². The van der Waals surface area contributed by atoms with Gasteiger partial charge in [0.2, 0.25) is 0 Å². The van der Waals surface area contributed by atoms with Gasteiger partial charge in [-0.2, -0.15) is 5.10 Å². The molecule has 0 aliphatic carbocycles. The Hall–Kier alpha value is -2.01. The molecule has 18 heavy (non-hydrogen) atoms.